The minimum atomic E-state index is -4.46. The van der Waals surface area contributed by atoms with Crippen molar-refractivity contribution in [2.75, 3.05) is 33.9 Å². The molecule has 0 aromatic heterocycles. The van der Waals surface area contributed by atoms with Gasteiger partial charge < -0.3 is 25.0 Å². The van der Waals surface area contributed by atoms with Gasteiger partial charge in [-0.15, -0.1) is 0 Å². The molecule has 8 nitrogen and oxygen atoms in total. The SMILES string of the molecule is CNC(=O)C1CCCN1C(=O)CNC(=O)CCc1ccc(OCC(F)(F)F)c(OC)c1. The van der Waals surface area contributed by atoms with Gasteiger partial charge in [-0.3, -0.25) is 14.4 Å². The van der Waals surface area contributed by atoms with Crippen molar-refractivity contribution >= 4 is 17.7 Å². The second-order valence-corrected chi connectivity index (χ2v) is 7.03. The molecule has 3 amide bonds. The standard InChI is InChI=1S/C20H26F3N3O5/c1-24-19(29)14-4-3-9-26(14)18(28)11-25-17(27)8-6-13-5-7-15(16(10-13)30-2)31-12-20(21,22)23/h5,7,10,14H,3-4,6,8-9,11-12H2,1-2H3,(H,24,29)(H,25,27). The smallest absolute Gasteiger partial charge is 0.422 e. The third-order valence-electron chi connectivity index (χ3n) is 4.82. The number of nitrogens with one attached hydrogen (secondary N) is 2. The van der Waals surface area contributed by atoms with Gasteiger partial charge in [0.15, 0.2) is 18.1 Å². The molecule has 0 saturated carbocycles. The maximum absolute atomic E-state index is 12.3. The van der Waals surface area contributed by atoms with E-state index in [1.165, 1.54) is 31.2 Å². The highest BCUT2D eigenvalue weighted by Crippen LogP contribution is 2.30. The Kier molecular flexibility index (Phi) is 8.52. The quantitative estimate of drug-likeness (QED) is 0.599. The first kappa shape index (κ1) is 24.3. The molecule has 0 radical (unpaired) electrons. The summed E-state index contributed by atoms with van der Waals surface area (Å²) in [4.78, 5) is 37.7. The molecular formula is C20H26F3N3O5. The Hall–Kier alpha value is -2.98. The highest BCUT2D eigenvalue weighted by molar-refractivity contribution is 5.90. The fourth-order valence-corrected chi connectivity index (χ4v) is 3.27. The third-order valence-corrected chi connectivity index (χ3v) is 4.82. The molecule has 11 heteroatoms. The number of alkyl halides is 3. The Labute approximate surface area is 178 Å². The molecule has 1 aliphatic rings. The zero-order valence-corrected chi connectivity index (χ0v) is 17.4. The van der Waals surface area contributed by atoms with Crippen molar-refractivity contribution in [1.29, 1.82) is 0 Å². The molecule has 172 valence electrons. The van der Waals surface area contributed by atoms with Crippen LogP contribution in [0.15, 0.2) is 18.2 Å². The molecule has 0 aliphatic carbocycles. The van der Waals surface area contributed by atoms with Gasteiger partial charge >= 0.3 is 6.18 Å². The zero-order chi connectivity index (χ0) is 23.0. The summed E-state index contributed by atoms with van der Waals surface area (Å²) in [6, 6.07) is 3.89. The minimum Gasteiger partial charge on any atom is -0.493 e. The lowest BCUT2D eigenvalue weighted by Crippen LogP contribution is -2.48. The third kappa shape index (κ3) is 7.34. The summed E-state index contributed by atoms with van der Waals surface area (Å²) in [6.07, 6.45) is -2.79. The van der Waals surface area contributed by atoms with Crippen LogP contribution < -0.4 is 20.1 Å². The van der Waals surface area contributed by atoms with Gasteiger partial charge in [-0.25, -0.2) is 0 Å². The Balaban J connectivity index is 1.83. The number of ether oxygens (including phenoxy) is 2. The lowest BCUT2D eigenvalue weighted by atomic mass is 10.1. The van der Waals surface area contributed by atoms with E-state index in [-0.39, 0.29) is 42.2 Å². The van der Waals surface area contributed by atoms with Crippen LogP contribution in [0.2, 0.25) is 0 Å². The van der Waals surface area contributed by atoms with Crippen LogP contribution in [0.5, 0.6) is 11.5 Å². The van der Waals surface area contributed by atoms with E-state index in [2.05, 4.69) is 10.6 Å². The van der Waals surface area contributed by atoms with Gasteiger partial charge in [0.05, 0.1) is 13.7 Å². The molecule has 1 aliphatic heterocycles. The van der Waals surface area contributed by atoms with Crippen LogP contribution in [0.1, 0.15) is 24.8 Å². The van der Waals surface area contributed by atoms with Gasteiger partial charge in [0.2, 0.25) is 17.7 Å². The van der Waals surface area contributed by atoms with Crippen molar-refractivity contribution in [3.05, 3.63) is 23.8 Å². The van der Waals surface area contributed by atoms with Gasteiger partial charge in [0.1, 0.15) is 6.04 Å². The Bertz CT molecular complexity index is 801. The van der Waals surface area contributed by atoms with Gasteiger partial charge in [-0.05, 0) is 37.0 Å². The number of rotatable bonds is 9. The summed E-state index contributed by atoms with van der Waals surface area (Å²) in [5.41, 5.74) is 0.664. The van der Waals surface area contributed by atoms with Gasteiger partial charge in [0.25, 0.3) is 0 Å². The first-order valence-electron chi connectivity index (χ1n) is 9.79. The van der Waals surface area contributed by atoms with Crippen molar-refractivity contribution in [1.82, 2.24) is 15.5 Å². The highest BCUT2D eigenvalue weighted by Gasteiger charge is 2.33. The molecule has 2 rings (SSSR count). The number of carbonyl (C=O) groups excluding carboxylic acids is 3. The van der Waals surface area contributed by atoms with E-state index in [4.69, 9.17) is 9.47 Å². The van der Waals surface area contributed by atoms with Crippen LogP contribution in [-0.4, -0.2) is 68.7 Å². The lowest BCUT2D eigenvalue weighted by Gasteiger charge is -2.23. The van der Waals surface area contributed by atoms with Crippen molar-refractivity contribution < 1.29 is 37.0 Å². The molecule has 1 unspecified atom stereocenters. The van der Waals surface area contributed by atoms with Crippen molar-refractivity contribution in [2.24, 2.45) is 0 Å². The number of halogens is 3. The number of likely N-dealkylation sites (N-methyl/N-ethyl adjacent to an activating group) is 1. The number of nitrogens with zero attached hydrogens (tertiary/aromatic N) is 1. The molecular weight excluding hydrogens is 419 g/mol. The predicted molar refractivity (Wildman–Crippen MR) is 105 cm³/mol. The lowest BCUT2D eigenvalue weighted by molar-refractivity contribution is -0.153. The van der Waals surface area contributed by atoms with Crippen LogP contribution in [0.25, 0.3) is 0 Å². The van der Waals surface area contributed by atoms with E-state index >= 15 is 0 Å². The Morgan fingerprint density at radius 2 is 1.97 bits per heavy atom. The van der Waals surface area contributed by atoms with E-state index in [0.717, 1.165) is 6.42 Å². The minimum absolute atomic E-state index is 0.0464. The Morgan fingerprint density at radius 1 is 1.23 bits per heavy atom. The molecule has 1 atom stereocenters. The maximum Gasteiger partial charge on any atom is 0.422 e. The molecule has 31 heavy (non-hydrogen) atoms. The molecule has 2 N–H and O–H groups in total. The van der Waals surface area contributed by atoms with Crippen molar-refractivity contribution in [3.63, 3.8) is 0 Å². The van der Waals surface area contributed by atoms with E-state index in [1.54, 1.807) is 6.07 Å². The van der Waals surface area contributed by atoms with Gasteiger partial charge in [-0.1, -0.05) is 6.07 Å². The number of hydrogen-bond acceptors (Lipinski definition) is 5. The monoisotopic (exact) mass is 445 g/mol. The number of carbonyl (C=O) groups is 3. The largest absolute Gasteiger partial charge is 0.493 e. The predicted octanol–water partition coefficient (Wildman–Crippen LogP) is 1.42. The summed E-state index contributed by atoms with van der Waals surface area (Å²) in [5.74, 6) is -0.831. The summed E-state index contributed by atoms with van der Waals surface area (Å²) in [6.45, 7) is -1.17. The van der Waals surface area contributed by atoms with Gasteiger partial charge in [0, 0.05) is 20.0 Å². The van der Waals surface area contributed by atoms with Crippen LogP contribution in [0.4, 0.5) is 13.2 Å². The van der Waals surface area contributed by atoms with Crippen molar-refractivity contribution in [3.8, 4) is 11.5 Å². The molecule has 0 spiro atoms. The van der Waals surface area contributed by atoms with E-state index in [0.29, 0.717) is 24.9 Å². The average Bonchev–Trinajstić information content (AvgIpc) is 3.23. The molecule has 1 aromatic carbocycles. The van der Waals surface area contributed by atoms with E-state index in [1.807, 2.05) is 0 Å². The normalized spacial score (nSPS) is 16.0. The summed E-state index contributed by atoms with van der Waals surface area (Å²) < 4.78 is 46.7. The van der Waals surface area contributed by atoms with E-state index < -0.39 is 18.8 Å². The van der Waals surface area contributed by atoms with Crippen LogP contribution >= 0.6 is 0 Å². The van der Waals surface area contributed by atoms with Crippen molar-refractivity contribution in [2.45, 2.75) is 37.9 Å². The Morgan fingerprint density at radius 3 is 2.61 bits per heavy atom. The second-order valence-electron chi connectivity index (χ2n) is 7.03. The molecule has 1 saturated heterocycles. The van der Waals surface area contributed by atoms with E-state index in [9.17, 15) is 27.6 Å². The number of hydrogen-bond donors (Lipinski definition) is 2. The summed E-state index contributed by atoms with van der Waals surface area (Å²) in [7, 11) is 2.82. The topological polar surface area (TPSA) is 97.0 Å². The number of methoxy groups -OCH3 is 1. The highest BCUT2D eigenvalue weighted by atomic mass is 19.4. The molecule has 1 aromatic rings. The molecule has 0 bridgehead atoms. The first-order valence-corrected chi connectivity index (χ1v) is 9.79. The summed E-state index contributed by atoms with van der Waals surface area (Å²) >= 11 is 0. The molecule has 1 heterocycles. The fourth-order valence-electron chi connectivity index (χ4n) is 3.27. The number of likely N-dealkylation sites (tertiary alicyclic amines) is 1. The van der Waals surface area contributed by atoms with Crippen LogP contribution in [-0.2, 0) is 20.8 Å². The number of amides is 3. The second kappa shape index (κ2) is 10.9. The number of aryl methyl sites for hydroxylation is 1. The number of benzene rings is 1. The molecule has 1 fully saturated rings. The van der Waals surface area contributed by atoms with Crippen LogP contribution in [0.3, 0.4) is 0 Å². The fraction of sp³-hybridized carbons (Fsp3) is 0.550. The van der Waals surface area contributed by atoms with Crippen LogP contribution in [0, 0.1) is 0 Å². The maximum atomic E-state index is 12.3. The summed E-state index contributed by atoms with van der Waals surface area (Å²) in [5, 5.41) is 5.07. The average molecular weight is 445 g/mol. The zero-order valence-electron chi connectivity index (χ0n) is 17.4. The van der Waals surface area contributed by atoms with Gasteiger partial charge in [-0.2, -0.15) is 13.2 Å². The first-order chi connectivity index (χ1) is 14.6.